The van der Waals surface area contributed by atoms with E-state index in [9.17, 15) is 18.3 Å². The van der Waals surface area contributed by atoms with Crippen molar-refractivity contribution in [2.45, 2.75) is 106 Å². The molecule has 1 saturated heterocycles. The van der Waals surface area contributed by atoms with Crippen molar-refractivity contribution in [3.05, 3.63) is 137 Å². The van der Waals surface area contributed by atoms with Gasteiger partial charge in [-0.1, -0.05) is 191 Å². The molecule has 0 saturated carbocycles. The average molecular weight is 1660 g/mol. The van der Waals surface area contributed by atoms with Crippen molar-refractivity contribution in [2.75, 3.05) is 69.4 Å². The minimum Gasteiger partial charge on any atom is -0.400 e. The van der Waals surface area contributed by atoms with E-state index >= 15 is 0 Å². The number of thiocarbonyl (C=S) groups is 2. The number of aliphatic hydroxyl groups is 1. The Kier molecular flexibility index (Phi) is 38.3. The van der Waals surface area contributed by atoms with Crippen molar-refractivity contribution < 1.29 is 64.2 Å². The van der Waals surface area contributed by atoms with Crippen LogP contribution in [-0.2, 0) is 65.7 Å². The molecule has 0 spiro atoms. The SMILES string of the molecule is C.CCN.CCN1C(=S)NC(C)(c2ccc(Br)cc2)P1(=O)OC.CCN1C(N)=NC(C)(c2ccc(Br)cc2)P1(=O)OC.CO.COP(=O)(OC)C(C)(N)c1ccc(Br)cc1.COP(=O)(OC)C(C)(SC#N)c1ccc(Br)cc1.S=C(Cl)Cl.[3H]C.[3H]C([3H])([3H])[3H].[3H]C([3H])[3H].[3H]C[3H]. The third kappa shape index (κ3) is 23.1. The van der Waals surface area contributed by atoms with Crippen LogP contribution in [0.3, 0.4) is 0 Å². The highest BCUT2D eigenvalue weighted by Crippen LogP contribution is 2.71. The number of nitrogens with two attached hydrogens (primary N) is 3. The minimum absolute atomic E-state index is 0. The highest BCUT2D eigenvalue weighted by molar-refractivity contribution is 9.11. The molecule has 4 aromatic carbocycles. The molecule has 0 amide bonds. The highest BCUT2D eigenvalue weighted by atomic mass is 79.9. The van der Waals surface area contributed by atoms with Gasteiger partial charge in [0.2, 0.25) is 0 Å². The Bertz CT molecular complexity index is 3100. The molecular formula is C54H92Br4Cl2N8O11P4S3. The van der Waals surface area contributed by atoms with Gasteiger partial charge < -0.3 is 54.8 Å². The number of nitriles is 1. The summed E-state index contributed by atoms with van der Waals surface area (Å²) in [4.78, 5) is 4.41. The van der Waals surface area contributed by atoms with E-state index < -0.39 is 65.2 Å². The zero-order valence-corrected chi connectivity index (χ0v) is 63.9. The Balaban J connectivity index is -0.000000253. The fraction of sp³-hybridized carbons (Fsp3) is 0.481. The maximum Gasteiger partial charge on any atom is 0.354 e. The monoisotopic (exact) mass is 1650 g/mol. The lowest BCUT2D eigenvalue weighted by Gasteiger charge is -2.32. The fourth-order valence-electron chi connectivity index (χ4n) is 7.60. The lowest BCUT2D eigenvalue weighted by Crippen LogP contribution is -2.35. The number of rotatable bonds is 15. The van der Waals surface area contributed by atoms with Gasteiger partial charge in [-0.15, -0.1) is 0 Å². The zero-order valence-electron chi connectivity index (χ0n) is 60.0. The number of halogens is 6. The molecule has 0 aliphatic carbocycles. The average Bonchev–Trinajstić information content (AvgIpc) is 1.56. The van der Waals surface area contributed by atoms with E-state index in [1.165, 1.54) is 50.1 Å². The van der Waals surface area contributed by atoms with E-state index in [2.05, 4.69) is 86.2 Å². The summed E-state index contributed by atoms with van der Waals surface area (Å²) in [6.45, 7) is 14.4. The molecule has 2 aliphatic heterocycles. The van der Waals surface area contributed by atoms with Crippen molar-refractivity contribution in [3.8, 4) is 5.40 Å². The summed E-state index contributed by atoms with van der Waals surface area (Å²) in [5.74, 6) is 0.262. The predicted octanol–water partition coefficient (Wildman–Crippen LogP) is 18.7. The Morgan fingerprint density at radius 3 is 1.38 bits per heavy atom. The first-order valence-electron chi connectivity index (χ1n) is 29.8. The normalized spacial score (nSPS) is 21.6. The van der Waals surface area contributed by atoms with Gasteiger partial charge in [-0.3, -0.25) is 27.6 Å². The number of aliphatic hydroxyl groups excluding tert-OH is 1. The molecule has 1 fully saturated rings. The molecule has 4 aromatic rings. The first-order valence-corrected chi connectivity index (χ1v) is 35.4. The maximum atomic E-state index is 13.2. The number of hydrogen-bond acceptors (Lipinski definition) is 19. The summed E-state index contributed by atoms with van der Waals surface area (Å²) in [7, 11) is -6.80. The van der Waals surface area contributed by atoms with Gasteiger partial charge in [0.15, 0.2) is 29.9 Å². The molecule has 2 heterocycles. The quantitative estimate of drug-likeness (QED) is 0.0320. The van der Waals surface area contributed by atoms with Gasteiger partial charge in [-0.25, -0.2) is 4.99 Å². The number of thiocyanates is 1. The van der Waals surface area contributed by atoms with Crippen LogP contribution >= 0.6 is 153 Å². The maximum absolute atomic E-state index is 13.2. The molecule has 8 N–H and O–H groups in total. The van der Waals surface area contributed by atoms with E-state index in [0.29, 0.717) is 29.3 Å². The number of thioether (sulfide) groups is 1. The minimum atomic E-state index is -3.43. The first-order chi connectivity index (χ1) is 43.9. The van der Waals surface area contributed by atoms with Gasteiger partial charge >= 0.3 is 30.2 Å². The van der Waals surface area contributed by atoms with Gasteiger partial charge in [0, 0.05) is 94.5 Å². The summed E-state index contributed by atoms with van der Waals surface area (Å²) in [6, 6.07) is 29.7. The van der Waals surface area contributed by atoms with Crippen molar-refractivity contribution >= 4 is 168 Å². The molecule has 19 nitrogen and oxygen atoms in total. The van der Waals surface area contributed by atoms with Gasteiger partial charge in [0.1, 0.15) is 10.7 Å². The van der Waals surface area contributed by atoms with E-state index in [4.69, 9.17) is 104 Å². The molecule has 6 unspecified atom stereocenters. The predicted molar refractivity (Wildman–Crippen MR) is 389 cm³/mol. The molecule has 32 heteroatoms. The largest absolute Gasteiger partial charge is 0.400 e. The van der Waals surface area contributed by atoms with E-state index in [-0.39, 0.29) is 24.5 Å². The van der Waals surface area contributed by atoms with Gasteiger partial charge in [0.05, 0.1) is 0 Å². The van der Waals surface area contributed by atoms with Crippen LogP contribution in [0.5, 0.6) is 0 Å². The van der Waals surface area contributed by atoms with Crippen LogP contribution < -0.4 is 22.5 Å². The van der Waals surface area contributed by atoms with Crippen molar-refractivity contribution in [1.82, 2.24) is 14.7 Å². The van der Waals surface area contributed by atoms with Crippen LogP contribution in [0, 0.1) is 10.7 Å². The highest BCUT2D eigenvalue weighted by Gasteiger charge is 2.58. The third-order valence-corrected chi connectivity index (χ3v) is 27.0. The molecule has 0 radical (unpaired) electrons. The molecule has 2 aliphatic rings. The van der Waals surface area contributed by atoms with Crippen molar-refractivity contribution in [2.24, 2.45) is 22.2 Å². The molecule has 86 heavy (non-hydrogen) atoms. The Morgan fingerprint density at radius 1 is 0.767 bits per heavy atom. The second-order valence-electron chi connectivity index (χ2n) is 16.5. The Hall–Kier alpha value is -1.17. The first kappa shape index (κ1) is 75.5. The standard InChI is InChI=1S/C12H17BrN3O2P.C12H16BrN2O2PS.C11H13BrNO3PS.C10H15BrNO3P.C2H7N.CCl2S.CH4O.5CH4/c1-4-16-11(14)15-12(2,19(16,17)18-3)9-5-7-10(13)8-6-9;1-4-15-11(19)14-12(2,18(15,16)17-3)9-5-7-10(13)8-6-9;1-11(18-8-13,17(14,15-2)16-3)9-4-6-10(12)7-5-9;1-10(12,16(13,14-2)15-3)8-4-6-9(11)7-5-8;1-2-3;2-1(3)4;1-2;;;;;/h5-8H,4H2,1-3H3,(H2,14,15);5-8H,4H2,1-3H3,(H,14,19);4-7H,1-3H3;4-7H,12H2,1-3H3;2-3H2,1H3;;2H,1H3;5*1H4/i;;;;;;;1T4;1T3;1T2;1T;. The number of guanidine groups is 1. The Morgan fingerprint density at radius 2 is 1.08 bits per heavy atom. The summed E-state index contributed by atoms with van der Waals surface area (Å²) >= 11 is 33.2. The third-order valence-electron chi connectivity index (χ3n) is 11.9. The molecule has 0 bridgehead atoms. The van der Waals surface area contributed by atoms with Gasteiger partial charge in [-0.05, 0) is 143 Å². The van der Waals surface area contributed by atoms with Crippen LogP contribution in [0.4, 0.5) is 0 Å². The van der Waals surface area contributed by atoms with E-state index in [1.807, 2.05) is 106 Å². The van der Waals surface area contributed by atoms with Crippen molar-refractivity contribution in [1.29, 1.82) is 5.26 Å². The van der Waals surface area contributed by atoms with Crippen LogP contribution in [0.25, 0.3) is 0 Å². The number of nitrogens with zero attached hydrogens (tertiary/aromatic N) is 4. The lowest BCUT2D eigenvalue weighted by atomic mass is 10.1. The summed E-state index contributed by atoms with van der Waals surface area (Å²) in [5, 5.41) is 18.6. The molecule has 6 atom stereocenters. The smallest absolute Gasteiger partial charge is 0.354 e. The second kappa shape index (κ2) is 43.6. The molecular weight excluding hydrogens is 1550 g/mol. The lowest BCUT2D eigenvalue weighted by molar-refractivity contribution is 0.249. The number of nitrogens with one attached hydrogen (secondary N) is 1. The number of aliphatic imine (C=N–C) groups is 1. The topological polar surface area (TPSA) is 277 Å². The van der Waals surface area contributed by atoms with Crippen LogP contribution in [0.2, 0.25) is 0 Å². The summed E-state index contributed by atoms with van der Waals surface area (Å²) < 4.78 is 147. The zero-order chi connectivity index (χ0) is 75.8. The summed E-state index contributed by atoms with van der Waals surface area (Å²) in [5.41, 5.74) is 19.9. The van der Waals surface area contributed by atoms with Crippen LogP contribution in [0.1, 0.15) is 121 Å². The molecule has 0 aromatic heterocycles. The Labute approximate surface area is 587 Å². The van der Waals surface area contributed by atoms with Gasteiger partial charge in [-0.2, -0.15) is 5.26 Å². The van der Waals surface area contributed by atoms with E-state index in [1.54, 1.807) is 54.4 Å². The van der Waals surface area contributed by atoms with Crippen molar-refractivity contribution in [3.63, 3.8) is 0 Å². The fourth-order valence-corrected chi connectivity index (χ4v) is 18.4. The number of hydrogen-bond donors (Lipinski definition) is 5. The molecule has 6 rings (SSSR count). The number of benzene rings is 4. The van der Waals surface area contributed by atoms with E-state index in [0.717, 1.165) is 54.4 Å². The van der Waals surface area contributed by atoms with Gasteiger partial charge in [0.25, 0.3) is 0 Å². The summed E-state index contributed by atoms with van der Waals surface area (Å²) in [6.07, 6.45) is 0. The van der Waals surface area contributed by atoms with Crippen LogP contribution in [0.15, 0.2) is 120 Å². The molecule has 494 valence electrons. The second-order valence-corrected chi connectivity index (χ2v) is 34.7. The van der Waals surface area contributed by atoms with Crippen LogP contribution in [-0.4, -0.2) is 98.7 Å².